The van der Waals surface area contributed by atoms with E-state index in [1.165, 1.54) is 12.1 Å². The highest BCUT2D eigenvalue weighted by molar-refractivity contribution is 5.83. The predicted molar refractivity (Wildman–Crippen MR) is 73.5 cm³/mol. The molecule has 112 valence electrons. The molecule has 2 unspecified atom stereocenters. The lowest BCUT2D eigenvalue weighted by Crippen LogP contribution is -2.34. The van der Waals surface area contributed by atoms with E-state index >= 15 is 0 Å². The van der Waals surface area contributed by atoms with Crippen molar-refractivity contribution in [1.29, 1.82) is 0 Å². The predicted octanol–water partition coefficient (Wildman–Crippen LogP) is 2.12. The third-order valence-electron chi connectivity index (χ3n) is 4.22. The molecule has 1 amide bonds. The monoisotopic (exact) mass is 293 g/mol. The largest absolute Gasteiger partial charge is 0.396 e. The van der Waals surface area contributed by atoms with Crippen LogP contribution in [0.4, 0.5) is 8.78 Å². The topological polar surface area (TPSA) is 49.3 Å². The van der Waals surface area contributed by atoms with Crippen LogP contribution in [0.25, 0.3) is 0 Å². The first kappa shape index (κ1) is 14.2. The summed E-state index contributed by atoms with van der Waals surface area (Å²) >= 11 is 0. The van der Waals surface area contributed by atoms with Gasteiger partial charge >= 0.3 is 0 Å². The molecule has 0 spiro atoms. The first-order valence-corrected chi connectivity index (χ1v) is 7.13. The van der Waals surface area contributed by atoms with E-state index in [1.54, 1.807) is 0 Å². The summed E-state index contributed by atoms with van der Waals surface area (Å²) < 4.78 is 26.5. The Morgan fingerprint density at radius 3 is 2.76 bits per heavy atom. The van der Waals surface area contributed by atoms with Gasteiger partial charge in [-0.1, -0.05) is 18.2 Å². The van der Waals surface area contributed by atoms with Crippen molar-refractivity contribution in [2.45, 2.75) is 24.8 Å². The van der Waals surface area contributed by atoms with Crippen LogP contribution in [-0.4, -0.2) is 23.7 Å². The fourth-order valence-corrected chi connectivity index (χ4v) is 2.94. The van der Waals surface area contributed by atoms with Crippen molar-refractivity contribution in [2.75, 3.05) is 6.61 Å². The van der Waals surface area contributed by atoms with Crippen molar-refractivity contribution < 1.29 is 18.7 Å². The molecule has 1 saturated carbocycles. The number of amides is 1. The van der Waals surface area contributed by atoms with E-state index in [1.807, 2.05) is 12.2 Å². The van der Waals surface area contributed by atoms with Gasteiger partial charge in [-0.25, -0.2) is 8.78 Å². The van der Waals surface area contributed by atoms with Gasteiger partial charge < -0.3 is 10.4 Å². The van der Waals surface area contributed by atoms with Gasteiger partial charge in [0.05, 0.1) is 0 Å². The summed E-state index contributed by atoms with van der Waals surface area (Å²) in [7, 11) is 0. The van der Waals surface area contributed by atoms with Gasteiger partial charge in [0.15, 0.2) is 0 Å². The second kappa shape index (κ2) is 5.56. The molecular formula is C16H17F2NO2. The summed E-state index contributed by atoms with van der Waals surface area (Å²) in [6.07, 6.45) is 5.07. The molecule has 3 rings (SSSR count). The summed E-state index contributed by atoms with van der Waals surface area (Å²) in [6.45, 7) is 0.0791. The molecule has 0 heterocycles. The summed E-state index contributed by atoms with van der Waals surface area (Å²) in [5.41, 5.74) is 0.409. The fraction of sp³-hybridized carbons (Fsp3) is 0.438. The Morgan fingerprint density at radius 2 is 2.10 bits per heavy atom. The molecule has 2 aliphatic rings. The highest BCUT2D eigenvalue weighted by Crippen LogP contribution is 2.48. The summed E-state index contributed by atoms with van der Waals surface area (Å²) in [5.74, 6) is -1.60. The lowest BCUT2D eigenvalue weighted by Gasteiger charge is -2.12. The van der Waals surface area contributed by atoms with Crippen molar-refractivity contribution in [3.63, 3.8) is 0 Å². The lowest BCUT2D eigenvalue weighted by molar-refractivity contribution is -0.122. The average Bonchev–Trinajstić information content (AvgIpc) is 3.11. The van der Waals surface area contributed by atoms with Gasteiger partial charge in [0, 0.05) is 30.6 Å². The van der Waals surface area contributed by atoms with Crippen LogP contribution in [-0.2, 0) is 4.79 Å². The maximum absolute atomic E-state index is 13.7. The Morgan fingerprint density at radius 1 is 1.29 bits per heavy atom. The zero-order chi connectivity index (χ0) is 15.0. The lowest BCUT2D eigenvalue weighted by atomic mass is 10.1. The van der Waals surface area contributed by atoms with Crippen molar-refractivity contribution in [2.24, 2.45) is 11.8 Å². The Hall–Kier alpha value is -1.75. The van der Waals surface area contributed by atoms with Crippen LogP contribution in [0.3, 0.4) is 0 Å². The SMILES string of the molecule is O=C(N[C@@H]1C=C[C@H](CO)C1)C1CC1c1ccc(F)cc1F. The number of aliphatic hydroxyl groups is 1. The van der Waals surface area contributed by atoms with Crippen LogP contribution in [0, 0.1) is 23.5 Å². The standard InChI is InChI=1S/C16H17F2NO2/c17-10-2-4-12(15(18)6-10)13-7-14(13)16(21)19-11-3-1-9(5-11)8-20/h1-4,6,9,11,13-14,20H,5,7-8H2,(H,19,21)/t9-,11+,13?,14?/m0/s1. The minimum Gasteiger partial charge on any atom is -0.396 e. The fourth-order valence-electron chi connectivity index (χ4n) is 2.94. The smallest absolute Gasteiger partial charge is 0.224 e. The van der Waals surface area contributed by atoms with Gasteiger partial charge in [0.25, 0.3) is 0 Å². The van der Waals surface area contributed by atoms with Crippen LogP contribution in [0.5, 0.6) is 0 Å². The molecule has 0 aromatic heterocycles. The third-order valence-corrected chi connectivity index (χ3v) is 4.22. The highest BCUT2D eigenvalue weighted by atomic mass is 19.1. The Balaban J connectivity index is 1.58. The van der Waals surface area contributed by atoms with Crippen molar-refractivity contribution in [1.82, 2.24) is 5.32 Å². The molecule has 1 aromatic carbocycles. The first-order chi connectivity index (χ1) is 10.1. The average molecular weight is 293 g/mol. The number of carbonyl (C=O) groups is 1. The van der Waals surface area contributed by atoms with Gasteiger partial charge in [-0.15, -0.1) is 0 Å². The van der Waals surface area contributed by atoms with E-state index in [0.29, 0.717) is 18.4 Å². The maximum atomic E-state index is 13.7. The van der Waals surface area contributed by atoms with E-state index in [-0.39, 0.29) is 36.3 Å². The first-order valence-electron chi connectivity index (χ1n) is 7.13. The van der Waals surface area contributed by atoms with Crippen LogP contribution >= 0.6 is 0 Å². The summed E-state index contributed by atoms with van der Waals surface area (Å²) in [4.78, 5) is 12.1. The number of hydrogen-bond acceptors (Lipinski definition) is 2. The Kier molecular flexibility index (Phi) is 3.76. The van der Waals surface area contributed by atoms with Crippen LogP contribution in [0.1, 0.15) is 24.3 Å². The molecule has 0 bridgehead atoms. The van der Waals surface area contributed by atoms with Gasteiger partial charge in [0.2, 0.25) is 5.91 Å². The van der Waals surface area contributed by atoms with Gasteiger partial charge in [-0.3, -0.25) is 4.79 Å². The second-order valence-corrected chi connectivity index (χ2v) is 5.79. The van der Waals surface area contributed by atoms with Crippen molar-refractivity contribution in [3.05, 3.63) is 47.5 Å². The van der Waals surface area contributed by atoms with Crippen molar-refractivity contribution >= 4 is 5.91 Å². The van der Waals surface area contributed by atoms with Crippen LogP contribution in [0.15, 0.2) is 30.4 Å². The minimum absolute atomic E-state index is 0.0611. The summed E-state index contributed by atoms with van der Waals surface area (Å²) in [5, 5.41) is 11.9. The van der Waals surface area contributed by atoms with E-state index in [4.69, 9.17) is 5.11 Å². The normalized spacial score (nSPS) is 30.4. The molecule has 0 radical (unpaired) electrons. The molecule has 2 aliphatic carbocycles. The molecule has 3 nitrogen and oxygen atoms in total. The number of carbonyl (C=O) groups excluding carboxylic acids is 1. The number of rotatable bonds is 4. The van der Waals surface area contributed by atoms with Gasteiger partial charge in [0.1, 0.15) is 11.6 Å². The molecule has 1 fully saturated rings. The zero-order valence-corrected chi connectivity index (χ0v) is 11.4. The maximum Gasteiger partial charge on any atom is 0.224 e. The van der Waals surface area contributed by atoms with Gasteiger partial charge in [-0.05, 0) is 30.4 Å². The number of aliphatic hydroxyl groups excluding tert-OH is 1. The second-order valence-electron chi connectivity index (χ2n) is 5.79. The molecule has 1 aromatic rings. The summed E-state index contributed by atoms with van der Waals surface area (Å²) in [6, 6.07) is 3.43. The number of benzene rings is 1. The van der Waals surface area contributed by atoms with Crippen molar-refractivity contribution in [3.8, 4) is 0 Å². The van der Waals surface area contributed by atoms with Gasteiger partial charge in [-0.2, -0.15) is 0 Å². The zero-order valence-electron chi connectivity index (χ0n) is 11.4. The van der Waals surface area contributed by atoms with E-state index in [9.17, 15) is 13.6 Å². The minimum atomic E-state index is -0.607. The van der Waals surface area contributed by atoms with E-state index < -0.39 is 11.6 Å². The molecule has 2 N–H and O–H groups in total. The molecular weight excluding hydrogens is 276 g/mol. The molecule has 4 atom stereocenters. The quantitative estimate of drug-likeness (QED) is 0.836. The van der Waals surface area contributed by atoms with Crippen LogP contribution in [0.2, 0.25) is 0 Å². The molecule has 5 heteroatoms. The third kappa shape index (κ3) is 2.97. The van der Waals surface area contributed by atoms with E-state index in [0.717, 1.165) is 6.07 Å². The Bertz CT molecular complexity index is 588. The number of hydrogen-bond donors (Lipinski definition) is 2. The Labute approximate surface area is 121 Å². The molecule has 0 aliphatic heterocycles. The molecule has 21 heavy (non-hydrogen) atoms. The molecule has 0 saturated heterocycles. The van der Waals surface area contributed by atoms with Crippen LogP contribution < -0.4 is 5.32 Å². The number of nitrogens with one attached hydrogen (secondary N) is 1. The highest BCUT2D eigenvalue weighted by Gasteiger charge is 2.45. The van der Waals surface area contributed by atoms with E-state index in [2.05, 4.69) is 5.32 Å². The number of halogens is 2.